The molecule has 2 N–H and O–H groups in total. The topological polar surface area (TPSA) is 108 Å². The zero-order valence-corrected chi connectivity index (χ0v) is 14.7. The number of fused-ring (bicyclic) bond motifs is 1. The highest BCUT2D eigenvalue weighted by Crippen LogP contribution is 2.45. The van der Waals surface area contributed by atoms with Gasteiger partial charge >= 0.3 is 5.69 Å². The SMILES string of the molecule is CC1(C)CN(c2ncnc3nc(-c4c[nH]c(=O)[nH]c4=O)sc23)CC1(F)F. The van der Waals surface area contributed by atoms with Crippen LogP contribution in [0.3, 0.4) is 0 Å². The van der Waals surface area contributed by atoms with Gasteiger partial charge in [-0.15, -0.1) is 11.3 Å². The van der Waals surface area contributed by atoms with Gasteiger partial charge in [-0.2, -0.15) is 0 Å². The second-order valence-electron chi connectivity index (χ2n) is 6.80. The van der Waals surface area contributed by atoms with E-state index >= 15 is 0 Å². The van der Waals surface area contributed by atoms with E-state index in [0.29, 0.717) is 21.2 Å². The number of H-pyrrole nitrogens is 2. The van der Waals surface area contributed by atoms with Crippen molar-refractivity contribution >= 4 is 27.5 Å². The second kappa shape index (κ2) is 5.40. The number of alkyl halides is 2. The molecule has 8 nitrogen and oxygen atoms in total. The Bertz CT molecular complexity index is 1100. The maximum atomic E-state index is 14.2. The van der Waals surface area contributed by atoms with Crippen LogP contribution in [0.25, 0.3) is 20.9 Å². The molecule has 11 heteroatoms. The molecule has 1 saturated heterocycles. The molecule has 26 heavy (non-hydrogen) atoms. The fourth-order valence-corrected chi connectivity index (χ4v) is 3.95. The van der Waals surface area contributed by atoms with E-state index in [-0.39, 0.29) is 12.1 Å². The fraction of sp³-hybridized carbons (Fsp3) is 0.400. The van der Waals surface area contributed by atoms with Crippen molar-refractivity contribution in [2.75, 3.05) is 18.0 Å². The van der Waals surface area contributed by atoms with Gasteiger partial charge in [0, 0.05) is 18.2 Å². The first-order chi connectivity index (χ1) is 12.2. The van der Waals surface area contributed by atoms with E-state index in [4.69, 9.17) is 0 Å². The number of halogens is 2. The average Bonchev–Trinajstić information content (AvgIpc) is 3.05. The van der Waals surface area contributed by atoms with Crippen molar-refractivity contribution < 1.29 is 8.78 Å². The lowest BCUT2D eigenvalue weighted by atomic mass is 9.89. The second-order valence-corrected chi connectivity index (χ2v) is 7.80. The van der Waals surface area contributed by atoms with Crippen molar-refractivity contribution in [2.45, 2.75) is 19.8 Å². The molecule has 0 bridgehead atoms. The number of thiazole rings is 1. The Labute approximate surface area is 149 Å². The summed E-state index contributed by atoms with van der Waals surface area (Å²) in [6.45, 7) is 2.73. The van der Waals surface area contributed by atoms with E-state index in [0.717, 1.165) is 11.3 Å². The van der Waals surface area contributed by atoms with Crippen LogP contribution in [-0.4, -0.2) is 43.9 Å². The lowest BCUT2D eigenvalue weighted by Crippen LogP contribution is -2.34. The number of rotatable bonds is 2. The van der Waals surface area contributed by atoms with Crippen LogP contribution >= 0.6 is 11.3 Å². The van der Waals surface area contributed by atoms with Crippen LogP contribution in [0.4, 0.5) is 14.6 Å². The summed E-state index contributed by atoms with van der Waals surface area (Å²) < 4.78 is 29.0. The van der Waals surface area contributed by atoms with Crippen LogP contribution in [0.5, 0.6) is 0 Å². The standard InChI is InChI=1S/C15H14F2N6O2S/c1-14(2)4-23(5-15(14,16)17)10-8-9(19-6-20-10)21-12(26-8)7-3-18-13(25)22-11(7)24/h3,6H,4-5H2,1-2H3,(H2,18,22,24,25). The Balaban J connectivity index is 1.83. The third-order valence-electron chi connectivity index (χ3n) is 4.49. The molecule has 0 spiro atoms. The third-order valence-corrected chi connectivity index (χ3v) is 5.56. The van der Waals surface area contributed by atoms with E-state index in [1.54, 1.807) is 0 Å². The molecule has 0 aliphatic carbocycles. The number of aromatic nitrogens is 5. The molecule has 0 atom stereocenters. The monoisotopic (exact) mass is 380 g/mol. The predicted octanol–water partition coefficient (Wildman–Crippen LogP) is 1.61. The van der Waals surface area contributed by atoms with E-state index in [2.05, 4.69) is 24.9 Å². The van der Waals surface area contributed by atoms with Crippen molar-refractivity contribution in [3.8, 4) is 10.6 Å². The highest BCUT2D eigenvalue weighted by Gasteiger charge is 2.54. The summed E-state index contributed by atoms with van der Waals surface area (Å²) in [6, 6.07) is 0. The Morgan fingerprint density at radius 1 is 1.23 bits per heavy atom. The van der Waals surface area contributed by atoms with Gasteiger partial charge in [0.2, 0.25) is 0 Å². The van der Waals surface area contributed by atoms with Crippen molar-refractivity contribution in [2.24, 2.45) is 5.41 Å². The molecular formula is C15H14F2N6O2S. The van der Waals surface area contributed by atoms with Crippen molar-refractivity contribution in [1.82, 2.24) is 24.9 Å². The van der Waals surface area contributed by atoms with E-state index < -0.39 is 29.1 Å². The first kappa shape index (κ1) is 16.8. The molecule has 1 aliphatic heterocycles. The molecule has 0 amide bonds. The molecule has 0 unspecified atom stereocenters. The minimum atomic E-state index is -2.85. The van der Waals surface area contributed by atoms with E-state index in [9.17, 15) is 18.4 Å². The number of nitrogens with zero attached hydrogens (tertiary/aromatic N) is 4. The smallest absolute Gasteiger partial charge is 0.325 e. The van der Waals surface area contributed by atoms with Gasteiger partial charge in [0.25, 0.3) is 11.5 Å². The molecule has 0 radical (unpaired) electrons. The van der Waals surface area contributed by atoms with Gasteiger partial charge in [-0.1, -0.05) is 13.8 Å². The normalized spacial score (nSPS) is 18.5. The van der Waals surface area contributed by atoms with E-state index in [1.807, 2.05) is 0 Å². The van der Waals surface area contributed by atoms with Crippen LogP contribution in [0.1, 0.15) is 13.8 Å². The molecule has 3 aromatic rings. The zero-order chi connectivity index (χ0) is 18.7. The quantitative estimate of drug-likeness (QED) is 0.699. The molecule has 136 valence electrons. The Morgan fingerprint density at radius 3 is 2.65 bits per heavy atom. The fourth-order valence-electron chi connectivity index (χ4n) is 2.90. The number of anilines is 1. The lowest BCUT2D eigenvalue weighted by molar-refractivity contribution is -0.0642. The minimum Gasteiger partial charge on any atom is -0.348 e. The summed E-state index contributed by atoms with van der Waals surface area (Å²) in [5.41, 5.74) is -1.91. The van der Waals surface area contributed by atoms with Crippen LogP contribution in [-0.2, 0) is 0 Å². The van der Waals surface area contributed by atoms with Gasteiger partial charge < -0.3 is 9.88 Å². The summed E-state index contributed by atoms with van der Waals surface area (Å²) >= 11 is 1.12. The van der Waals surface area contributed by atoms with Gasteiger partial charge in [0.05, 0.1) is 12.1 Å². The van der Waals surface area contributed by atoms with Crippen molar-refractivity contribution in [3.63, 3.8) is 0 Å². The van der Waals surface area contributed by atoms with Crippen LogP contribution in [0.15, 0.2) is 22.1 Å². The predicted molar refractivity (Wildman–Crippen MR) is 92.8 cm³/mol. The highest BCUT2D eigenvalue weighted by molar-refractivity contribution is 7.22. The molecule has 1 aliphatic rings. The summed E-state index contributed by atoms with van der Waals surface area (Å²) in [6.07, 6.45) is 2.53. The summed E-state index contributed by atoms with van der Waals surface area (Å²) in [4.78, 5) is 41.7. The van der Waals surface area contributed by atoms with Gasteiger partial charge in [-0.3, -0.25) is 9.78 Å². The summed E-state index contributed by atoms with van der Waals surface area (Å²) in [5.74, 6) is -2.49. The maximum Gasteiger partial charge on any atom is 0.325 e. The van der Waals surface area contributed by atoms with Crippen molar-refractivity contribution in [3.05, 3.63) is 33.4 Å². The molecule has 4 rings (SSSR count). The first-order valence-corrected chi connectivity index (χ1v) is 8.56. The summed E-state index contributed by atoms with van der Waals surface area (Å²) in [7, 11) is 0. The number of hydrogen-bond acceptors (Lipinski definition) is 7. The largest absolute Gasteiger partial charge is 0.348 e. The molecule has 3 aromatic heterocycles. The summed E-state index contributed by atoms with van der Waals surface area (Å²) in [5, 5.41) is 0.324. The van der Waals surface area contributed by atoms with Gasteiger partial charge in [-0.05, 0) is 0 Å². The lowest BCUT2D eigenvalue weighted by Gasteiger charge is -2.23. The third kappa shape index (κ3) is 2.50. The first-order valence-electron chi connectivity index (χ1n) is 7.75. The average molecular weight is 380 g/mol. The number of aromatic amines is 2. The zero-order valence-electron chi connectivity index (χ0n) is 13.8. The molecule has 1 fully saturated rings. The Morgan fingerprint density at radius 2 is 2.00 bits per heavy atom. The molecule has 4 heterocycles. The Kier molecular flexibility index (Phi) is 3.48. The highest BCUT2D eigenvalue weighted by atomic mass is 32.1. The minimum absolute atomic E-state index is 0.137. The van der Waals surface area contributed by atoms with Crippen molar-refractivity contribution in [1.29, 1.82) is 0 Å². The maximum absolute atomic E-state index is 14.2. The molecule has 0 saturated carbocycles. The number of hydrogen-bond donors (Lipinski definition) is 2. The van der Waals surface area contributed by atoms with Gasteiger partial charge in [0.1, 0.15) is 16.0 Å². The Hall–Kier alpha value is -2.69. The van der Waals surface area contributed by atoms with Gasteiger partial charge in [0.15, 0.2) is 11.5 Å². The van der Waals surface area contributed by atoms with Crippen LogP contribution in [0, 0.1) is 5.41 Å². The number of nitrogens with one attached hydrogen (secondary N) is 2. The van der Waals surface area contributed by atoms with Crippen LogP contribution < -0.4 is 16.1 Å². The van der Waals surface area contributed by atoms with Crippen LogP contribution in [0.2, 0.25) is 0 Å². The van der Waals surface area contributed by atoms with E-state index in [1.165, 1.54) is 31.3 Å². The molecule has 0 aromatic carbocycles. The molecular weight excluding hydrogens is 366 g/mol. The van der Waals surface area contributed by atoms with Gasteiger partial charge in [-0.25, -0.2) is 28.5 Å².